The highest BCUT2D eigenvalue weighted by Crippen LogP contribution is 2.28. The highest BCUT2D eigenvalue weighted by atomic mass is 16.5. The van der Waals surface area contributed by atoms with Crippen molar-refractivity contribution >= 4 is 11.9 Å². The summed E-state index contributed by atoms with van der Waals surface area (Å²) in [4.78, 5) is 16.5. The Balaban J connectivity index is 1.96. The molecule has 0 aromatic heterocycles. The van der Waals surface area contributed by atoms with Crippen LogP contribution in [0.5, 0.6) is 5.75 Å². The molecular formula is C21H34N4O3. The van der Waals surface area contributed by atoms with Gasteiger partial charge in [-0.1, -0.05) is 12.1 Å². The van der Waals surface area contributed by atoms with Crippen LogP contribution in [0.25, 0.3) is 0 Å². The summed E-state index contributed by atoms with van der Waals surface area (Å²) in [6, 6.07) is 6.24. The first kappa shape index (κ1) is 22.0. The maximum Gasteiger partial charge on any atom is 0.239 e. The third-order valence-electron chi connectivity index (χ3n) is 4.61. The Hall–Kier alpha value is -2.28. The number of methoxy groups -OCH3 is 1. The number of hydrogen-bond acceptors (Lipinski definition) is 4. The van der Waals surface area contributed by atoms with Crippen LogP contribution < -0.4 is 20.7 Å². The number of carbonyl (C=O) groups is 1. The van der Waals surface area contributed by atoms with Gasteiger partial charge in [0.1, 0.15) is 5.75 Å². The Morgan fingerprint density at radius 3 is 2.71 bits per heavy atom. The van der Waals surface area contributed by atoms with Crippen LogP contribution in [-0.2, 0) is 16.1 Å². The van der Waals surface area contributed by atoms with Gasteiger partial charge in [-0.2, -0.15) is 0 Å². The number of rotatable bonds is 10. The molecule has 3 N–H and O–H groups in total. The highest BCUT2D eigenvalue weighted by Gasteiger charge is 2.18. The molecule has 0 spiro atoms. The van der Waals surface area contributed by atoms with Crippen LogP contribution in [0.4, 0.5) is 0 Å². The number of amides is 1. The number of aliphatic imine (C=N–C) groups is 1. The molecule has 1 fully saturated rings. The topological polar surface area (TPSA) is 84.0 Å². The third kappa shape index (κ3) is 7.76. The van der Waals surface area contributed by atoms with E-state index in [0.717, 1.165) is 30.7 Å². The Labute approximate surface area is 168 Å². The maximum absolute atomic E-state index is 11.9. The summed E-state index contributed by atoms with van der Waals surface area (Å²) < 4.78 is 11.2. The number of ether oxygens (including phenoxy) is 2. The third-order valence-corrected chi connectivity index (χ3v) is 4.61. The van der Waals surface area contributed by atoms with E-state index in [2.05, 4.69) is 46.1 Å². The maximum atomic E-state index is 11.9. The van der Waals surface area contributed by atoms with E-state index in [0.29, 0.717) is 31.8 Å². The van der Waals surface area contributed by atoms with Gasteiger partial charge in [-0.05, 0) is 51.2 Å². The zero-order valence-corrected chi connectivity index (χ0v) is 17.3. The van der Waals surface area contributed by atoms with Crippen molar-refractivity contribution in [1.29, 1.82) is 0 Å². The molecule has 1 amide bonds. The predicted molar refractivity (Wildman–Crippen MR) is 112 cm³/mol. The van der Waals surface area contributed by atoms with Crippen LogP contribution in [-0.4, -0.2) is 51.3 Å². The molecule has 1 saturated carbocycles. The molecule has 1 aliphatic carbocycles. The molecular weight excluding hydrogens is 356 g/mol. The van der Waals surface area contributed by atoms with Crippen LogP contribution in [0.15, 0.2) is 23.2 Å². The van der Waals surface area contributed by atoms with E-state index in [1.165, 1.54) is 18.4 Å². The molecule has 0 bridgehead atoms. The normalized spacial score (nSPS) is 14.8. The SMILES string of the molecule is CCNC(=NCc1ccc(C)cc1OC1CCCC1)NCC(=O)NCCOC. The quantitative estimate of drug-likeness (QED) is 0.324. The first-order valence-electron chi connectivity index (χ1n) is 10.2. The fraction of sp³-hybridized carbons (Fsp3) is 0.619. The lowest BCUT2D eigenvalue weighted by Crippen LogP contribution is -2.43. The van der Waals surface area contributed by atoms with E-state index < -0.39 is 0 Å². The number of benzene rings is 1. The first-order valence-corrected chi connectivity index (χ1v) is 10.2. The molecule has 0 atom stereocenters. The van der Waals surface area contributed by atoms with Crippen molar-refractivity contribution < 1.29 is 14.3 Å². The molecule has 0 unspecified atom stereocenters. The zero-order valence-electron chi connectivity index (χ0n) is 17.3. The molecule has 28 heavy (non-hydrogen) atoms. The van der Waals surface area contributed by atoms with Crippen molar-refractivity contribution in [3.8, 4) is 5.75 Å². The van der Waals surface area contributed by atoms with Crippen molar-refractivity contribution in [2.24, 2.45) is 4.99 Å². The van der Waals surface area contributed by atoms with E-state index in [4.69, 9.17) is 9.47 Å². The van der Waals surface area contributed by atoms with Crippen LogP contribution in [0, 0.1) is 6.92 Å². The van der Waals surface area contributed by atoms with Crippen molar-refractivity contribution in [1.82, 2.24) is 16.0 Å². The second kappa shape index (κ2) is 12.2. The minimum atomic E-state index is -0.0942. The molecule has 0 radical (unpaired) electrons. The molecule has 2 rings (SSSR count). The molecule has 7 nitrogen and oxygen atoms in total. The summed E-state index contributed by atoms with van der Waals surface area (Å²) in [6.07, 6.45) is 5.04. The molecule has 1 aromatic carbocycles. The van der Waals surface area contributed by atoms with Crippen LogP contribution in [0.1, 0.15) is 43.7 Å². The van der Waals surface area contributed by atoms with Gasteiger partial charge < -0.3 is 25.4 Å². The van der Waals surface area contributed by atoms with Gasteiger partial charge in [-0.25, -0.2) is 4.99 Å². The van der Waals surface area contributed by atoms with Crippen LogP contribution in [0.2, 0.25) is 0 Å². The molecule has 1 aromatic rings. The summed E-state index contributed by atoms with van der Waals surface area (Å²) in [5.74, 6) is 1.43. The average Bonchev–Trinajstić information content (AvgIpc) is 3.18. The second-order valence-electron chi connectivity index (χ2n) is 7.03. The number of hydrogen-bond donors (Lipinski definition) is 3. The van der Waals surface area contributed by atoms with E-state index in [-0.39, 0.29) is 12.5 Å². The molecule has 7 heteroatoms. The van der Waals surface area contributed by atoms with Gasteiger partial charge in [-0.15, -0.1) is 0 Å². The Morgan fingerprint density at radius 2 is 2.00 bits per heavy atom. The van der Waals surface area contributed by atoms with Crippen molar-refractivity contribution in [3.63, 3.8) is 0 Å². The van der Waals surface area contributed by atoms with Crippen molar-refractivity contribution in [3.05, 3.63) is 29.3 Å². The van der Waals surface area contributed by atoms with E-state index in [1.54, 1.807) is 7.11 Å². The summed E-state index contributed by atoms with van der Waals surface area (Å²) in [5, 5.41) is 9.02. The zero-order chi connectivity index (χ0) is 20.2. The highest BCUT2D eigenvalue weighted by molar-refractivity contribution is 5.86. The number of carbonyl (C=O) groups excluding carboxylic acids is 1. The van der Waals surface area contributed by atoms with Crippen LogP contribution >= 0.6 is 0 Å². The fourth-order valence-electron chi connectivity index (χ4n) is 3.11. The largest absolute Gasteiger partial charge is 0.490 e. The Bertz CT molecular complexity index is 643. The van der Waals surface area contributed by atoms with Gasteiger partial charge in [-0.3, -0.25) is 4.79 Å². The lowest BCUT2D eigenvalue weighted by molar-refractivity contribution is -0.120. The van der Waals surface area contributed by atoms with Gasteiger partial charge in [0.2, 0.25) is 5.91 Å². The average molecular weight is 391 g/mol. The van der Waals surface area contributed by atoms with Gasteiger partial charge in [0.25, 0.3) is 0 Å². The van der Waals surface area contributed by atoms with Gasteiger partial charge >= 0.3 is 0 Å². The number of nitrogens with one attached hydrogen (secondary N) is 3. The minimum absolute atomic E-state index is 0.0942. The number of nitrogens with zero attached hydrogens (tertiary/aromatic N) is 1. The standard InChI is InChI=1S/C21H34N4O3/c1-4-22-21(25-15-20(26)23-11-12-27-3)24-14-17-10-9-16(2)13-19(17)28-18-7-5-6-8-18/h9-10,13,18H,4-8,11-12,14-15H2,1-3H3,(H,23,26)(H2,22,24,25). The van der Waals surface area contributed by atoms with E-state index >= 15 is 0 Å². The van der Waals surface area contributed by atoms with E-state index in [9.17, 15) is 4.79 Å². The summed E-state index contributed by atoms with van der Waals surface area (Å²) in [6.45, 7) is 6.43. The molecule has 1 aliphatic rings. The van der Waals surface area contributed by atoms with Crippen LogP contribution in [0.3, 0.4) is 0 Å². The lowest BCUT2D eigenvalue weighted by atomic mass is 10.1. The molecule has 0 heterocycles. The Morgan fingerprint density at radius 1 is 1.21 bits per heavy atom. The van der Waals surface area contributed by atoms with Gasteiger partial charge in [0.05, 0.1) is 25.8 Å². The summed E-state index contributed by atoms with van der Waals surface area (Å²) in [5.41, 5.74) is 2.23. The van der Waals surface area contributed by atoms with Crippen molar-refractivity contribution in [2.75, 3.05) is 33.4 Å². The number of guanidine groups is 1. The summed E-state index contributed by atoms with van der Waals surface area (Å²) in [7, 11) is 1.61. The number of aryl methyl sites for hydroxylation is 1. The van der Waals surface area contributed by atoms with Gasteiger partial charge in [0.15, 0.2) is 5.96 Å². The minimum Gasteiger partial charge on any atom is -0.490 e. The lowest BCUT2D eigenvalue weighted by Gasteiger charge is -2.17. The monoisotopic (exact) mass is 390 g/mol. The molecule has 0 saturated heterocycles. The Kier molecular flexibility index (Phi) is 9.62. The smallest absolute Gasteiger partial charge is 0.239 e. The van der Waals surface area contributed by atoms with Crippen molar-refractivity contribution in [2.45, 2.75) is 52.2 Å². The predicted octanol–water partition coefficient (Wildman–Crippen LogP) is 2.13. The summed E-state index contributed by atoms with van der Waals surface area (Å²) >= 11 is 0. The van der Waals surface area contributed by atoms with Gasteiger partial charge in [0, 0.05) is 25.8 Å². The second-order valence-corrected chi connectivity index (χ2v) is 7.03. The molecule has 156 valence electrons. The van der Waals surface area contributed by atoms with E-state index in [1.807, 2.05) is 6.92 Å². The molecule has 0 aliphatic heterocycles. The fourth-order valence-corrected chi connectivity index (χ4v) is 3.11. The first-order chi connectivity index (χ1) is 13.6.